The lowest BCUT2D eigenvalue weighted by atomic mass is 10.2. The number of hydrogen-bond donors (Lipinski definition) is 1. The lowest BCUT2D eigenvalue weighted by molar-refractivity contribution is -0.0674. The van der Waals surface area contributed by atoms with Crippen molar-refractivity contribution in [3.05, 3.63) is 11.3 Å². The first-order valence-corrected chi connectivity index (χ1v) is 8.16. The van der Waals surface area contributed by atoms with E-state index >= 15 is 0 Å². The number of nitrogens with one attached hydrogen (secondary N) is 1. The van der Waals surface area contributed by atoms with Gasteiger partial charge in [0.25, 0.3) is 0 Å². The predicted molar refractivity (Wildman–Crippen MR) is 90.4 cm³/mol. The van der Waals surface area contributed by atoms with E-state index in [1.807, 2.05) is 11.7 Å². The summed E-state index contributed by atoms with van der Waals surface area (Å²) < 4.78 is 7.73. The molecule has 0 amide bonds. The first-order chi connectivity index (χ1) is 10.4. The zero-order chi connectivity index (χ0) is 16.3. The van der Waals surface area contributed by atoms with Crippen LogP contribution in [0.15, 0.2) is 0 Å². The van der Waals surface area contributed by atoms with Gasteiger partial charge in [-0.25, -0.2) is 0 Å². The third-order valence-electron chi connectivity index (χ3n) is 4.14. The van der Waals surface area contributed by atoms with Crippen LogP contribution >= 0.6 is 0 Å². The van der Waals surface area contributed by atoms with Crippen LogP contribution in [0.5, 0.6) is 0 Å². The summed E-state index contributed by atoms with van der Waals surface area (Å²) in [5.74, 6) is 1.18. The highest BCUT2D eigenvalue weighted by molar-refractivity contribution is 5.48. The average Bonchev–Trinajstić information content (AvgIpc) is 2.68. The molecule has 1 saturated heterocycles. The molecule has 1 aliphatic rings. The fraction of sp³-hybridized carbons (Fsp3) is 0.812. The van der Waals surface area contributed by atoms with Gasteiger partial charge in [0.1, 0.15) is 5.82 Å². The molecule has 0 saturated carbocycles. The van der Waals surface area contributed by atoms with Crippen molar-refractivity contribution in [1.82, 2.24) is 20.0 Å². The molecule has 0 aromatic carbocycles. The highest BCUT2D eigenvalue weighted by Gasteiger charge is 2.21. The van der Waals surface area contributed by atoms with Gasteiger partial charge in [-0.2, -0.15) is 5.10 Å². The molecule has 1 N–H and O–H groups in total. The second kappa shape index (κ2) is 7.44. The number of rotatable bonds is 6. The molecule has 2 atom stereocenters. The maximum atomic E-state index is 5.77. The molecule has 1 fully saturated rings. The molecule has 1 aromatic rings. The van der Waals surface area contributed by atoms with Crippen LogP contribution in [0.3, 0.4) is 0 Å². The Kier molecular flexibility index (Phi) is 5.83. The summed E-state index contributed by atoms with van der Waals surface area (Å²) in [6, 6.07) is 0. The van der Waals surface area contributed by atoms with Gasteiger partial charge in [-0.05, 0) is 20.8 Å². The Morgan fingerprint density at radius 1 is 1.27 bits per heavy atom. The van der Waals surface area contributed by atoms with Crippen molar-refractivity contribution in [2.75, 3.05) is 45.2 Å². The van der Waals surface area contributed by atoms with Crippen molar-refractivity contribution >= 4 is 5.82 Å². The Balaban J connectivity index is 1.82. The van der Waals surface area contributed by atoms with Gasteiger partial charge in [-0.1, -0.05) is 0 Å². The molecule has 126 valence electrons. The fourth-order valence-corrected chi connectivity index (χ4v) is 3.37. The Labute approximate surface area is 134 Å². The highest BCUT2D eigenvalue weighted by Crippen LogP contribution is 2.20. The standard InChI is InChI=1S/C16H31N5O/c1-12-10-21(11-13(2)22-12)8-7-17-9-15-14(3)18-20(6)16(15)19(4)5/h12-13,17H,7-11H2,1-6H3/t12-,13-/m1/s1. The Morgan fingerprint density at radius 3 is 2.50 bits per heavy atom. The molecule has 0 aliphatic carbocycles. The van der Waals surface area contributed by atoms with Gasteiger partial charge in [-0.3, -0.25) is 9.58 Å². The maximum absolute atomic E-state index is 5.77. The fourth-order valence-electron chi connectivity index (χ4n) is 3.37. The molecule has 0 unspecified atom stereocenters. The van der Waals surface area contributed by atoms with Gasteiger partial charge >= 0.3 is 0 Å². The first-order valence-electron chi connectivity index (χ1n) is 8.16. The number of ether oxygens (including phenoxy) is 1. The highest BCUT2D eigenvalue weighted by atomic mass is 16.5. The van der Waals surface area contributed by atoms with Crippen molar-refractivity contribution in [3.8, 4) is 0 Å². The Morgan fingerprint density at radius 2 is 1.91 bits per heavy atom. The minimum Gasteiger partial charge on any atom is -0.373 e. The topological polar surface area (TPSA) is 45.6 Å². The van der Waals surface area contributed by atoms with Gasteiger partial charge < -0.3 is 15.0 Å². The second-order valence-corrected chi connectivity index (χ2v) is 6.60. The molecule has 0 radical (unpaired) electrons. The maximum Gasteiger partial charge on any atom is 0.130 e. The number of aromatic nitrogens is 2. The summed E-state index contributed by atoms with van der Waals surface area (Å²) in [5.41, 5.74) is 2.39. The van der Waals surface area contributed by atoms with Gasteiger partial charge in [0.05, 0.1) is 17.9 Å². The van der Waals surface area contributed by atoms with Crippen LogP contribution in [0, 0.1) is 6.92 Å². The van der Waals surface area contributed by atoms with Crippen molar-refractivity contribution < 1.29 is 4.74 Å². The summed E-state index contributed by atoms with van der Waals surface area (Å²) in [5, 5.41) is 8.09. The zero-order valence-corrected chi connectivity index (χ0v) is 14.9. The third-order valence-corrected chi connectivity index (χ3v) is 4.14. The van der Waals surface area contributed by atoms with E-state index in [1.165, 1.54) is 11.4 Å². The van der Waals surface area contributed by atoms with Crippen LogP contribution in [-0.2, 0) is 18.3 Å². The summed E-state index contributed by atoms with van der Waals surface area (Å²) in [6.45, 7) is 11.4. The molecule has 0 bridgehead atoms. The quantitative estimate of drug-likeness (QED) is 0.794. The van der Waals surface area contributed by atoms with E-state index in [0.29, 0.717) is 12.2 Å². The third kappa shape index (κ3) is 4.21. The van der Waals surface area contributed by atoms with E-state index in [1.54, 1.807) is 0 Å². The van der Waals surface area contributed by atoms with Crippen molar-refractivity contribution in [2.24, 2.45) is 7.05 Å². The number of aryl methyl sites for hydroxylation is 2. The smallest absolute Gasteiger partial charge is 0.130 e. The average molecular weight is 309 g/mol. The summed E-state index contributed by atoms with van der Waals surface area (Å²) in [6.07, 6.45) is 0.675. The normalized spacial score (nSPS) is 23.0. The number of anilines is 1. The SMILES string of the molecule is Cc1nn(C)c(N(C)C)c1CNCCN1C[C@@H](C)O[C@H](C)C1. The van der Waals surface area contributed by atoms with Crippen molar-refractivity contribution in [2.45, 2.75) is 39.5 Å². The van der Waals surface area contributed by atoms with Gasteiger partial charge in [0.15, 0.2) is 0 Å². The van der Waals surface area contributed by atoms with Gasteiger partial charge in [0.2, 0.25) is 0 Å². The molecular formula is C16H31N5O. The number of morpholine rings is 1. The molecule has 6 nitrogen and oxygen atoms in total. The van der Waals surface area contributed by atoms with E-state index in [-0.39, 0.29) is 0 Å². The van der Waals surface area contributed by atoms with Crippen molar-refractivity contribution in [1.29, 1.82) is 0 Å². The van der Waals surface area contributed by atoms with E-state index < -0.39 is 0 Å². The molecule has 6 heteroatoms. The van der Waals surface area contributed by atoms with Crippen LogP contribution in [0.2, 0.25) is 0 Å². The van der Waals surface area contributed by atoms with Crippen LogP contribution in [0.4, 0.5) is 5.82 Å². The minimum absolute atomic E-state index is 0.338. The summed E-state index contributed by atoms with van der Waals surface area (Å²) >= 11 is 0. The summed E-state index contributed by atoms with van der Waals surface area (Å²) in [7, 11) is 6.13. The summed E-state index contributed by atoms with van der Waals surface area (Å²) in [4.78, 5) is 4.61. The van der Waals surface area contributed by atoms with Gasteiger partial charge in [0, 0.05) is 59.4 Å². The van der Waals surface area contributed by atoms with Gasteiger partial charge in [-0.15, -0.1) is 0 Å². The van der Waals surface area contributed by atoms with Crippen LogP contribution in [0.1, 0.15) is 25.1 Å². The second-order valence-electron chi connectivity index (χ2n) is 6.60. The molecule has 0 spiro atoms. The first kappa shape index (κ1) is 17.2. The van der Waals surface area contributed by atoms with Crippen LogP contribution in [-0.4, -0.2) is 67.2 Å². The van der Waals surface area contributed by atoms with Crippen LogP contribution < -0.4 is 10.2 Å². The lowest BCUT2D eigenvalue weighted by Gasteiger charge is -2.35. The molecule has 2 heterocycles. The van der Waals surface area contributed by atoms with Crippen LogP contribution in [0.25, 0.3) is 0 Å². The molecular weight excluding hydrogens is 278 g/mol. The van der Waals surface area contributed by atoms with E-state index in [0.717, 1.165) is 38.4 Å². The largest absolute Gasteiger partial charge is 0.373 e. The number of hydrogen-bond acceptors (Lipinski definition) is 5. The Hall–Kier alpha value is -1.11. The molecule has 2 rings (SSSR count). The predicted octanol–water partition coefficient (Wildman–Crippen LogP) is 0.993. The van der Waals surface area contributed by atoms with E-state index in [9.17, 15) is 0 Å². The minimum atomic E-state index is 0.338. The molecule has 1 aromatic heterocycles. The Bertz CT molecular complexity index is 475. The molecule has 22 heavy (non-hydrogen) atoms. The zero-order valence-electron chi connectivity index (χ0n) is 14.9. The monoisotopic (exact) mass is 309 g/mol. The molecule has 1 aliphatic heterocycles. The van der Waals surface area contributed by atoms with Crippen molar-refractivity contribution in [3.63, 3.8) is 0 Å². The van der Waals surface area contributed by atoms with E-state index in [2.05, 4.69) is 55.1 Å². The lowest BCUT2D eigenvalue weighted by Crippen LogP contribution is -2.47. The van der Waals surface area contributed by atoms with E-state index in [4.69, 9.17) is 4.74 Å². The number of nitrogens with zero attached hydrogens (tertiary/aromatic N) is 4.